The molecule has 4 nitrogen and oxygen atoms in total. The van der Waals surface area contributed by atoms with E-state index in [-0.39, 0.29) is 0 Å². The number of nitrogens with one attached hydrogen (secondary N) is 1. The highest BCUT2D eigenvalue weighted by molar-refractivity contribution is 5.38. The van der Waals surface area contributed by atoms with Crippen molar-refractivity contribution >= 4 is 5.82 Å². The summed E-state index contributed by atoms with van der Waals surface area (Å²) >= 11 is 0. The summed E-state index contributed by atoms with van der Waals surface area (Å²) in [5.41, 5.74) is 8.42. The van der Waals surface area contributed by atoms with E-state index < -0.39 is 0 Å². The molecule has 0 bridgehead atoms. The standard InChI is InChI=1S/C19H26N4/c20-19-17(7-4-11-21-19)15-22-18-9-13-23(14-10-18)12-8-16-5-2-1-3-6-16/h1-7,11,18,22H,8-10,12-15H2,(H2,20,21). The molecule has 1 aliphatic heterocycles. The first kappa shape index (κ1) is 16.0. The van der Waals surface area contributed by atoms with Crippen molar-refractivity contribution in [1.82, 2.24) is 15.2 Å². The van der Waals surface area contributed by atoms with Gasteiger partial charge in [-0.15, -0.1) is 0 Å². The molecule has 1 aromatic carbocycles. The number of pyridine rings is 1. The van der Waals surface area contributed by atoms with E-state index in [2.05, 4.69) is 45.5 Å². The summed E-state index contributed by atoms with van der Waals surface area (Å²) in [7, 11) is 0. The van der Waals surface area contributed by atoms with Gasteiger partial charge in [-0.25, -0.2) is 4.98 Å². The van der Waals surface area contributed by atoms with Crippen LogP contribution in [0.3, 0.4) is 0 Å². The van der Waals surface area contributed by atoms with E-state index >= 15 is 0 Å². The van der Waals surface area contributed by atoms with Crippen LogP contribution >= 0.6 is 0 Å². The third-order valence-electron chi connectivity index (χ3n) is 4.65. The van der Waals surface area contributed by atoms with Gasteiger partial charge < -0.3 is 16.0 Å². The molecule has 3 N–H and O–H groups in total. The molecule has 1 saturated heterocycles. The summed E-state index contributed by atoms with van der Waals surface area (Å²) in [4.78, 5) is 6.71. The average Bonchev–Trinajstić information content (AvgIpc) is 2.61. The quantitative estimate of drug-likeness (QED) is 0.860. The van der Waals surface area contributed by atoms with Crippen LogP contribution in [0.25, 0.3) is 0 Å². The van der Waals surface area contributed by atoms with Gasteiger partial charge >= 0.3 is 0 Å². The molecule has 4 heteroatoms. The van der Waals surface area contributed by atoms with Gasteiger partial charge in [0, 0.05) is 30.9 Å². The number of rotatable bonds is 6. The Kier molecular flexibility index (Phi) is 5.61. The van der Waals surface area contributed by atoms with Crippen molar-refractivity contribution in [1.29, 1.82) is 0 Å². The summed E-state index contributed by atoms with van der Waals surface area (Å²) in [6, 6.07) is 15.3. The Balaban J connectivity index is 1.38. The number of nitrogens with zero attached hydrogens (tertiary/aromatic N) is 2. The van der Waals surface area contributed by atoms with E-state index in [1.54, 1.807) is 6.20 Å². The van der Waals surface area contributed by atoms with Gasteiger partial charge in [-0.05, 0) is 44.0 Å². The van der Waals surface area contributed by atoms with E-state index in [1.165, 1.54) is 31.5 Å². The fourth-order valence-electron chi connectivity index (χ4n) is 3.15. The number of benzene rings is 1. The Morgan fingerprint density at radius 1 is 1.09 bits per heavy atom. The fourth-order valence-corrected chi connectivity index (χ4v) is 3.15. The van der Waals surface area contributed by atoms with Gasteiger partial charge in [0.1, 0.15) is 5.82 Å². The number of hydrogen-bond donors (Lipinski definition) is 2. The highest BCUT2D eigenvalue weighted by Gasteiger charge is 2.18. The van der Waals surface area contributed by atoms with Gasteiger partial charge in [-0.1, -0.05) is 36.4 Å². The van der Waals surface area contributed by atoms with Crippen molar-refractivity contribution in [2.75, 3.05) is 25.4 Å². The maximum atomic E-state index is 5.89. The Hall–Kier alpha value is -1.91. The molecule has 0 aliphatic carbocycles. The molecule has 0 saturated carbocycles. The predicted octanol–water partition coefficient (Wildman–Crippen LogP) is 2.46. The summed E-state index contributed by atoms with van der Waals surface area (Å²) < 4.78 is 0. The van der Waals surface area contributed by atoms with E-state index in [0.29, 0.717) is 11.9 Å². The zero-order chi connectivity index (χ0) is 15.9. The maximum absolute atomic E-state index is 5.89. The van der Waals surface area contributed by atoms with Gasteiger partial charge in [0.25, 0.3) is 0 Å². The van der Waals surface area contributed by atoms with Crippen molar-refractivity contribution in [3.63, 3.8) is 0 Å². The lowest BCUT2D eigenvalue weighted by Crippen LogP contribution is -2.42. The molecular formula is C19H26N4. The van der Waals surface area contributed by atoms with E-state index in [4.69, 9.17) is 5.73 Å². The molecule has 0 amide bonds. The van der Waals surface area contributed by atoms with Crippen LogP contribution in [0, 0.1) is 0 Å². The second-order valence-electron chi connectivity index (χ2n) is 6.28. The Bertz CT molecular complexity index is 591. The number of anilines is 1. The van der Waals surface area contributed by atoms with Crippen molar-refractivity contribution in [3.8, 4) is 0 Å². The third-order valence-corrected chi connectivity index (χ3v) is 4.65. The second kappa shape index (κ2) is 8.09. The Labute approximate surface area is 138 Å². The van der Waals surface area contributed by atoms with Crippen LogP contribution in [0.4, 0.5) is 5.82 Å². The number of likely N-dealkylation sites (tertiary alicyclic amines) is 1. The summed E-state index contributed by atoms with van der Waals surface area (Å²) in [5.74, 6) is 0.639. The molecule has 23 heavy (non-hydrogen) atoms. The van der Waals surface area contributed by atoms with E-state index in [9.17, 15) is 0 Å². The van der Waals surface area contributed by atoms with Crippen molar-refractivity contribution < 1.29 is 0 Å². The molecular weight excluding hydrogens is 284 g/mol. The first-order valence-corrected chi connectivity index (χ1v) is 8.50. The van der Waals surface area contributed by atoms with E-state index in [1.807, 2.05) is 12.1 Å². The minimum Gasteiger partial charge on any atom is -0.383 e. The SMILES string of the molecule is Nc1ncccc1CNC1CCN(CCc2ccccc2)CC1. The largest absolute Gasteiger partial charge is 0.383 e. The maximum Gasteiger partial charge on any atom is 0.127 e. The molecule has 1 fully saturated rings. The van der Waals surface area contributed by atoms with Crippen LogP contribution in [-0.4, -0.2) is 35.6 Å². The highest BCUT2D eigenvalue weighted by Crippen LogP contribution is 2.13. The average molecular weight is 310 g/mol. The zero-order valence-electron chi connectivity index (χ0n) is 13.6. The molecule has 0 radical (unpaired) electrons. The number of hydrogen-bond acceptors (Lipinski definition) is 4. The molecule has 2 aromatic rings. The number of nitrogen functional groups attached to an aromatic ring is 1. The number of nitrogens with two attached hydrogens (primary N) is 1. The van der Waals surface area contributed by atoms with Gasteiger partial charge in [0.15, 0.2) is 0 Å². The minimum absolute atomic E-state index is 0.586. The fraction of sp³-hybridized carbons (Fsp3) is 0.421. The van der Waals surface area contributed by atoms with Gasteiger partial charge in [0.05, 0.1) is 0 Å². The van der Waals surface area contributed by atoms with Crippen LogP contribution in [-0.2, 0) is 13.0 Å². The molecule has 3 rings (SSSR count). The van der Waals surface area contributed by atoms with Crippen molar-refractivity contribution in [2.24, 2.45) is 0 Å². The molecule has 2 heterocycles. The van der Waals surface area contributed by atoms with Gasteiger partial charge in [-0.2, -0.15) is 0 Å². The highest BCUT2D eigenvalue weighted by atomic mass is 15.1. The molecule has 0 atom stereocenters. The summed E-state index contributed by atoms with van der Waals surface area (Å²) in [6.07, 6.45) is 5.29. The summed E-state index contributed by atoms with van der Waals surface area (Å²) in [6.45, 7) is 4.32. The lowest BCUT2D eigenvalue weighted by molar-refractivity contribution is 0.199. The normalized spacial score (nSPS) is 16.5. The van der Waals surface area contributed by atoms with Crippen LogP contribution in [0.5, 0.6) is 0 Å². The van der Waals surface area contributed by atoms with Crippen molar-refractivity contribution in [2.45, 2.75) is 31.8 Å². The van der Waals surface area contributed by atoms with Crippen molar-refractivity contribution in [3.05, 3.63) is 59.8 Å². The van der Waals surface area contributed by atoms with Gasteiger partial charge in [-0.3, -0.25) is 0 Å². The second-order valence-corrected chi connectivity index (χ2v) is 6.28. The van der Waals surface area contributed by atoms with Gasteiger partial charge in [0.2, 0.25) is 0 Å². The molecule has 1 aromatic heterocycles. The first-order valence-electron chi connectivity index (χ1n) is 8.50. The molecule has 0 unspecified atom stereocenters. The minimum atomic E-state index is 0.586. The van der Waals surface area contributed by atoms with E-state index in [0.717, 1.165) is 25.1 Å². The lowest BCUT2D eigenvalue weighted by Gasteiger charge is -2.32. The smallest absolute Gasteiger partial charge is 0.127 e. The lowest BCUT2D eigenvalue weighted by atomic mass is 10.0. The Morgan fingerprint density at radius 2 is 1.87 bits per heavy atom. The molecule has 0 spiro atoms. The zero-order valence-corrected chi connectivity index (χ0v) is 13.6. The van der Waals surface area contributed by atoms with Crippen LogP contribution in [0.1, 0.15) is 24.0 Å². The number of piperidine rings is 1. The summed E-state index contributed by atoms with van der Waals surface area (Å²) in [5, 5.41) is 3.63. The molecule has 122 valence electrons. The Morgan fingerprint density at radius 3 is 2.61 bits per heavy atom. The molecule has 1 aliphatic rings. The predicted molar refractivity (Wildman–Crippen MR) is 95.1 cm³/mol. The van der Waals surface area contributed by atoms with Crippen LogP contribution < -0.4 is 11.1 Å². The number of aromatic nitrogens is 1. The van der Waals surface area contributed by atoms with Crippen LogP contribution in [0.2, 0.25) is 0 Å². The van der Waals surface area contributed by atoms with Crippen LogP contribution in [0.15, 0.2) is 48.7 Å². The topological polar surface area (TPSA) is 54.2 Å². The first-order chi connectivity index (χ1) is 11.3. The third kappa shape index (κ3) is 4.78. The monoisotopic (exact) mass is 310 g/mol.